The third-order valence-electron chi connectivity index (χ3n) is 3.57. The second-order valence-corrected chi connectivity index (χ2v) is 6.08. The van der Waals surface area contributed by atoms with Crippen LogP contribution in [0, 0.1) is 19.8 Å². The molecule has 1 aliphatic carbocycles. The highest BCUT2D eigenvalue weighted by molar-refractivity contribution is 7.15. The molecule has 1 saturated carbocycles. The lowest BCUT2D eigenvalue weighted by Gasteiger charge is -2.08. The van der Waals surface area contributed by atoms with Gasteiger partial charge in [-0.1, -0.05) is 25.7 Å². The Bertz CT molecular complexity index is 307. The summed E-state index contributed by atoms with van der Waals surface area (Å²) in [6, 6.07) is 0. The van der Waals surface area contributed by atoms with Crippen LogP contribution in [0.4, 0.5) is 5.13 Å². The molecule has 0 saturated heterocycles. The van der Waals surface area contributed by atoms with Gasteiger partial charge in [0.1, 0.15) is 0 Å². The van der Waals surface area contributed by atoms with E-state index in [4.69, 9.17) is 0 Å². The quantitative estimate of drug-likeness (QED) is 0.780. The normalized spacial score (nSPS) is 16.9. The Hall–Kier alpha value is -0.570. The van der Waals surface area contributed by atoms with E-state index in [9.17, 15) is 0 Å². The molecule has 0 radical (unpaired) electrons. The first-order valence-corrected chi connectivity index (χ1v) is 7.25. The molecule has 16 heavy (non-hydrogen) atoms. The summed E-state index contributed by atoms with van der Waals surface area (Å²) in [5, 5.41) is 4.54. The molecule has 1 aromatic rings. The highest BCUT2D eigenvalue weighted by Crippen LogP contribution is 2.28. The maximum atomic E-state index is 4.49. The molecule has 90 valence electrons. The molecule has 0 unspecified atom stereocenters. The van der Waals surface area contributed by atoms with E-state index >= 15 is 0 Å². The fourth-order valence-corrected chi connectivity index (χ4v) is 3.27. The Labute approximate surface area is 102 Å². The number of hydrogen-bond donors (Lipinski definition) is 1. The van der Waals surface area contributed by atoms with E-state index in [1.54, 1.807) is 11.3 Å². The van der Waals surface area contributed by atoms with Crippen molar-refractivity contribution in [1.82, 2.24) is 4.98 Å². The van der Waals surface area contributed by atoms with Gasteiger partial charge >= 0.3 is 0 Å². The van der Waals surface area contributed by atoms with Gasteiger partial charge in [-0.05, 0) is 32.6 Å². The Kier molecular flexibility index (Phi) is 4.22. The maximum absolute atomic E-state index is 4.49. The van der Waals surface area contributed by atoms with Crippen molar-refractivity contribution in [3.05, 3.63) is 10.6 Å². The van der Waals surface area contributed by atoms with Crippen molar-refractivity contribution in [2.75, 3.05) is 11.9 Å². The standard InChI is InChI=1S/C13H22N2S/c1-10-11(2)16-13(15-10)14-9-5-8-12-6-3-4-7-12/h12H,3-9H2,1-2H3,(H,14,15). The lowest BCUT2D eigenvalue weighted by Crippen LogP contribution is -2.03. The number of aromatic nitrogens is 1. The molecule has 2 rings (SSSR count). The molecule has 0 spiro atoms. The van der Waals surface area contributed by atoms with Gasteiger partial charge in [0, 0.05) is 11.4 Å². The van der Waals surface area contributed by atoms with Crippen LogP contribution in [0.3, 0.4) is 0 Å². The Morgan fingerprint density at radius 1 is 1.31 bits per heavy atom. The van der Waals surface area contributed by atoms with E-state index in [-0.39, 0.29) is 0 Å². The van der Waals surface area contributed by atoms with Crippen LogP contribution < -0.4 is 5.32 Å². The van der Waals surface area contributed by atoms with Crippen LogP contribution in [0.5, 0.6) is 0 Å². The van der Waals surface area contributed by atoms with Crippen LogP contribution in [0.2, 0.25) is 0 Å². The summed E-state index contributed by atoms with van der Waals surface area (Å²) in [4.78, 5) is 5.82. The minimum Gasteiger partial charge on any atom is -0.362 e. The predicted octanol–water partition coefficient (Wildman–Crippen LogP) is 4.14. The highest BCUT2D eigenvalue weighted by atomic mass is 32.1. The van der Waals surface area contributed by atoms with E-state index in [0.717, 1.165) is 17.6 Å². The highest BCUT2D eigenvalue weighted by Gasteiger charge is 2.13. The van der Waals surface area contributed by atoms with Gasteiger partial charge in [0.05, 0.1) is 5.69 Å². The minimum atomic E-state index is 1.02. The smallest absolute Gasteiger partial charge is 0.183 e. The molecule has 0 aromatic carbocycles. The van der Waals surface area contributed by atoms with E-state index < -0.39 is 0 Å². The van der Waals surface area contributed by atoms with Crippen LogP contribution in [0.1, 0.15) is 49.1 Å². The summed E-state index contributed by atoms with van der Waals surface area (Å²) >= 11 is 1.77. The van der Waals surface area contributed by atoms with Crippen LogP contribution in [-0.4, -0.2) is 11.5 Å². The molecule has 1 fully saturated rings. The fraction of sp³-hybridized carbons (Fsp3) is 0.769. The number of nitrogens with zero attached hydrogens (tertiary/aromatic N) is 1. The van der Waals surface area contributed by atoms with Gasteiger partial charge in [0.2, 0.25) is 0 Å². The average Bonchev–Trinajstić information content (AvgIpc) is 2.85. The Balaban J connectivity index is 1.64. The number of thiazole rings is 1. The number of anilines is 1. The van der Waals surface area contributed by atoms with E-state index in [1.807, 2.05) is 0 Å². The average molecular weight is 238 g/mol. The molecule has 0 aliphatic heterocycles. The summed E-state index contributed by atoms with van der Waals surface area (Å²) in [7, 11) is 0. The zero-order chi connectivity index (χ0) is 11.4. The lowest BCUT2D eigenvalue weighted by atomic mass is 10.0. The third-order valence-corrected chi connectivity index (χ3v) is 4.60. The first-order chi connectivity index (χ1) is 7.75. The number of nitrogens with one attached hydrogen (secondary N) is 1. The summed E-state index contributed by atoms with van der Waals surface area (Å²) < 4.78 is 0. The van der Waals surface area contributed by atoms with Crippen molar-refractivity contribution in [3.63, 3.8) is 0 Å². The fourth-order valence-electron chi connectivity index (χ4n) is 2.43. The van der Waals surface area contributed by atoms with Gasteiger partial charge in [-0.25, -0.2) is 4.98 Å². The Morgan fingerprint density at radius 3 is 2.69 bits per heavy atom. The summed E-state index contributed by atoms with van der Waals surface area (Å²) in [5.41, 5.74) is 1.17. The van der Waals surface area contributed by atoms with Crippen LogP contribution in [-0.2, 0) is 0 Å². The van der Waals surface area contributed by atoms with E-state index in [2.05, 4.69) is 24.1 Å². The largest absolute Gasteiger partial charge is 0.362 e. The van der Waals surface area contributed by atoms with Gasteiger partial charge < -0.3 is 5.32 Å². The van der Waals surface area contributed by atoms with Crippen molar-refractivity contribution in [2.24, 2.45) is 5.92 Å². The second kappa shape index (κ2) is 5.67. The van der Waals surface area contributed by atoms with Gasteiger partial charge in [0.15, 0.2) is 5.13 Å². The van der Waals surface area contributed by atoms with Crippen molar-refractivity contribution < 1.29 is 0 Å². The van der Waals surface area contributed by atoms with Gasteiger partial charge in [-0.2, -0.15) is 0 Å². The van der Waals surface area contributed by atoms with Crippen molar-refractivity contribution in [3.8, 4) is 0 Å². The molecule has 1 N–H and O–H groups in total. The lowest BCUT2D eigenvalue weighted by molar-refractivity contribution is 0.491. The van der Waals surface area contributed by atoms with Crippen LogP contribution in [0.15, 0.2) is 0 Å². The molecule has 1 aliphatic rings. The molecule has 0 atom stereocenters. The summed E-state index contributed by atoms with van der Waals surface area (Å²) in [6.07, 6.45) is 8.55. The number of rotatable bonds is 5. The van der Waals surface area contributed by atoms with Crippen molar-refractivity contribution in [1.29, 1.82) is 0 Å². The first-order valence-electron chi connectivity index (χ1n) is 6.43. The van der Waals surface area contributed by atoms with Crippen LogP contribution in [0.25, 0.3) is 0 Å². The minimum absolute atomic E-state index is 1.02. The molecule has 1 heterocycles. The Morgan fingerprint density at radius 2 is 2.06 bits per heavy atom. The van der Waals surface area contributed by atoms with Gasteiger partial charge in [0.25, 0.3) is 0 Å². The van der Waals surface area contributed by atoms with E-state index in [1.165, 1.54) is 49.1 Å². The molecular weight excluding hydrogens is 216 g/mol. The van der Waals surface area contributed by atoms with Crippen molar-refractivity contribution >= 4 is 16.5 Å². The topological polar surface area (TPSA) is 24.9 Å². The van der Waals surface area contributed by atoms with E-state index in [0.29, 0.717) is 0 Å². The third kappa shape index (κ3) is 3.21. The number of aryl methyl sites for hydroxylation is 2. The maximum Gasteiger partial charge on any atom is 0.183 e. The SMILES string of the molecule is Cc1nc(NCCCC2CCCC2)sc1C. The first kappa shape index (κ1) is 11.9. The molecule has 0 bridgehead atoms. The zero-order valence-electron chi connectivity index (χ0n) is 10.4. The monoisotopic (exact) mass is 238 g/mol. The molecule has 0 amide bonds. The summed E-state index contributed by atoms with van der Waals surface area (Å²) in [6.45, 7) is 5.30. The van der Waals surface area contributed by atoms with Gasteiger partial charge in [-0.15, -0.1) is 11.3 Å². The second-order valence-electron chi connectivity index (χ2n) is 4.88. The van der Waals surface area contributed by atoms with Crippen molar-refractivity contribution in [2.45, 2.75) is 52.4 Å². The molecule has 2 nitrogen and oxygen atoms in total. The summed E-state index contributed by atoms with van der Waals surface area (Å²) in [5.74, 6) is 1.02. The van der Waals surface area contributed by atoms with Crippen LogP contribution >= 0.6 is 11.3 Å². The molecular formula is C13H22N2S. The molecule has 1 aromatic heterocycles. The van der Waals surface area contributed by atoms with Gasteiger partial charge in [-0.3, -0.25) is 0 Å². The predicted molar refractivity (Wildman–Crippen MR) is 71.3 cm³/mol. The number of hydrogen-bond acceptors (Lipinski definition) is 3. The zero-order valence-corrected chi connectivity index (χ0v) is 11.2. The molecule has 3 heteroatoms.